The number of rotatable bonds is 4. The van der Waals surface area contributed by atoms with Crippen molar-refractivity contribution < 1.29 is 32.7 Å². The molecule has 13 heavy (non-hydrogen) atoms. The molecule has 0 aliphatic carbocycles. The summed E-state index contributed by atoms with van der Waals surface area (Å²) < 4.78 is 28.2. The molecule has 1 atom stereocenters. The molecule has 1 unspecified atom stereocenters. The van der Waals surface area contributed by atoms with Crippen LogP contribution in [0.5, 0.6) is 0 Å². The average Bonchev–Trinajstić information content (AvgIpc) is 1.48. The Bertz CT molecular complexity index is 234. The van der Waals surface area contributed by atoms with E-state index in [1.807, 2.05) is 0 Å². The van der Waals surface area contributed by atoms with Crippen molar-refractivity contribution >= 4 is 15.6 Å². The largest absolute Gasteiger partial charge is 0.497 e. The predicted octanol–water partition coefficient (Wildman–Crippen LogP) is 0.325. The molecule has 0 aromatic heterocycles. The van der Waals surface area contributed by atoms with Crippen molar-refractivity contribution in [2.75, 3.05) is 14.1 Å². The first-order chi connectivity index (χ1) is 5.12. The number of nitrogens with zero attached hydrogens (tertiary/aromatic N) is 1. The maximum absolute atomic E-state index is 10.6. The number of hydroxylamine groups is 2. The summed E-state index contributed by atoms with van der Waals surface area (Å²) in [5.41, 5.74) is 0. The van der Waals surface area contributed by atoms with E-state index >= 15 is 0 Å². The minimum absolute atomic E-state index is 0. The number of hydrogen-bond donors (Lipinski definition) is 3. The molecule has 0 aromatic rings. The molecular weight excluding hydrogens is 224 g/mol. The van der Waals surface area contributed by atoms with Gasteiger partial charge in [-0.15, -0.1) is 0 Å². The summed E-state index contributed by atoms with van der Waals surface area (Å²) >= 11 is 0. The van der Waals surface area contributed by atoms with E-state index in [2.05, 4.69) is 8.94 Å². The second-order valence-electron chi connectivity index (χ2n) is 1.93. The molecule has 0 heterocycles. The Morgan fingerprint density at radius 2 is 1.54 bits per heavy atom. The molecule has 0 aromatic carbocycles. The van der Waals surface area contributed by atoms with Gasteiger partial charge in [-0.1, -0.05) is 7.43 Å². The van der Waals surface area contributed by atoms with Gasteiger partial charge in [0.1, 0.15) is 0 Å². The fourth-order valence-electron chi connectivity index (χ4n) is 0.356. The SMILES string of the molecule is C.CN(C)OP(=O)(O)OP(=O)(O)O. The first kappa shape index (κ1) is 15.7. The molecule has 0 saturated carbocycles. The quantitative estimate of drug-likeness (QED) is 0.472. The van der Waals surface area contributed by atoms with Gasteiger partial charge in [0.05, 0.1) is 0 Å². The van der Waals surface area contributed by atoms with Gasteiger partial charge in [0, 0.05) is 14.1 Å². The summed E-state index contributed by atoms with van der Waals surface area (Å²) in [5.74, 6) is 0. The molecule has 0 amide bonds. The fourth-order valence-corrected chi connectivity index (χ4v) is 1.96. The van der Waals surface area contributed by atoms with Crippen LogP contribution in [-0.2, 0) is 18.1 Å². The van der Waals surface area contributed by atoms with E-state index in [4.69, 9.17) is 14.7 Å². The zero-order valence-electron chi connectivity index (χ0n) is 6.32. The topological polar surface area (TPSA) is 117 Å². The lowest BCUT2D eigenvalue weighted by Crippen LogP contribution is -2.11. The van der Waals surface area contributed by atoms with E-state index < -0.39 is 15.6 Å². The van der Waals surface area contributed by atoms with Crippen molar-refractivity contribution in [1.29, 1.82) is 0 Å². The molecule has 3 N–H and O–H groups in total. The van der Waals surface area contributed by atoms with Gasteiger partial charge in [-0.05, 0) is 0 Å². The molecule has 0 saturated heterocycles. The van der Waals surface area contributed by atoms with Crippen molar-refractivity contribution in [3.8, 4) is 0 Å². The van der Waals surface area contributed by atoms with Crippen LogP contribution in [0.4, 0.5) is 0 Å². The smallest absolute Gasteiger partial charge is 0.302 e. The first-order valence-corrected chi connectivity index (χ1v) is 5.62. The summed E-state index contributed by atoms with van der Waals surface area (Å²) in [6.07, 6.45) is 0. The first-order valence-electron chi connectivity index (χ1n) is 2.59. The lowest BCUT2D eigenvalue weighted by molar-refractivity contribution is -0.0325. The van der Waals surface area contributed by atoms with Crippen molar-refractivity contribution in [2.24, 2.45) is 0 Å². The number of phosphoric acid groups is 2. The predicted molar refractivity (Wildman–Crippen MR) is 44.5 cm³/mol. The van der Waals surface area contributed by atoms with Crippen LogP contribution in [-0.4, -0.2) is 33.8 Å². The minimum Gasteiger partial charge on any atom is -0.302 e. The molecular formula is C3H13NO7P2. The van der Waals surface area contributed by atoms with E-state index in [1.165, 1.54) is 14.1 Å². The van der Waals surface area contributed by atoms with Gasteiger partial charge in [0.25, 0.3) is 0 Å². The maximum Gasteiger partial charge on any atom is 0.497 e. The summed E-state index contributed by atoms with van der Waals surface area (Å²) in [4.78, 5) is 24.8. The Morgan fingerprint density at radius 3 is 1.77 bits per heavy atom. The molecule has 0 aliphatic rings. The lowest BCUT2D eigenvalue weighted by Gasteiger charge is -2.15. The van der Waals surface area contributed by atoms with Gasteiger partial charge in [0.15, 0.2) is 0 Å². The van der Waals surface area contributed by atoms with Crippen LogP contribution in [0, 0.1) is 0 Å². The van der Waals surface area contributed by atoms with E-state index in [1.54, 1.807) is 0 Å². The fraction of sp³-hybridized carbons (Fsp3) is 1.00. The van der Waals surface area contributed by atoms with Crippen molar-refractivity contribution in [2.45, 2.75) is 7.43 Å². The highest BCUT2D eigenvalue weighted by atomic mass is 31.3. The third-order valence-electron chi connectivity index (χ3n) is 0.476. The van der Waals surface area contributed by atoms with Crippen LogP contribution in [0.2, 0.25) is 0 Å². The Morgan fingerprint density at radius 1 is 1.15 bits per heavy atom. The lowest BCUT2D eigenvalue weighted by atomic mass is 11.2. The Kier molecular flexibility index (Phi) is 6.26. The molecule has 0 aliphatic heterocycles. The van der Waals surface area contributed by atoms with Gasteiger partial charge in [-0.3, -0.25) is 0 Å². The van der Waals surface area contributed by atoms with Crippen molar-refractivity contribution in [3.63, 3.8) is 0 Å². The second-order valence-corrected chi connectivity index (χ2v) is 4.67. The third-order valence-corrected chi connectivity index (χ3v) is 2.69. The number of hydrogen-bond acceptors (Lipinski definition) is 5. The molecule has 10 heteroatoms. The monoisotopic (exact) mass is 237 g/mol. The second kappa shape index (κ2) is 5.19. The van der Waals surface area contributed by atoms with Crippen LogP contribution in [0.1, 0.15) is 7.43 Å². The zero-order chi connectivity index (χ0) is 9.99. The highest BCUT2D eigenvalue weighted by molar-refractivity contribution is 7.60. The maximum atomic E-state index is 10.6. The van der Waals surface area contributed by atoms with Crippen molar-refractivity contribution in [1.82, 2.24) is 5.06 Å². The summed E-state index contributed by atoms with van der Waals surface area (Å²) in [6, 6.07) is 0. The van der Waals surface area contributed by atoms with Crippen LogP contribution in [0.25, 0.3) is 0 Å². The van der Waals surface area contributed by atoms with Gasteiger partial charge >= 0.3 is 15.6 Å². The van der Waals surface area contributed by atoms with Crippen LogP contribution < -0.4 is 0 Å². The van der Waals surface area contributed by atoms with Crippen LogP contribution in [0.15, 0.2) is 0 Å². The molecule has 0 bridgehead atoms. The van der Waals surface area contributed by atoms with Crippen LogP contribution in [0.3, 0.4) is 0 Å². The molecule has 82 valence electrons. The van der Waals surface area contributed by atoms with Gasteiger partial charge in [-0.25, -0.2) is 9.13 Å². The highest BCUT2D eigenvalue weighted by Crippen LogP contribution is 2.57. The molecule has 0 rings (SSSR count). The Labute approximate surface area is 75.9 Å². The van der Waals surface area contributed by atoms with Gasteiger partial charge in [0.2, 0.25) is 0 Å². The third kappa shape index (κ3) is 10.1. The van der Waals surface area contributed by atoms with E-state index in [9.17, 15) is 9.13 Å². The average molecular weight is 237 g/mol. The molecule has 0 spiro atoms. The van der Waals surface area contributed by atoms with Crippen molar-refractivity contribution in [3.05, 3.63) is 0 Å². The van der Waals surface area contributed by atoms with E-state index in [-0.39, 0.29) is 7.43 Å². The van der Waals surface area contributed by atoms with Crippen LogP contribution >= 0.6 is 15.6 Å². The Hall–Kier alpha value is 0.220. The standard InChI is InChI=1S/C2H9NO7P2.CH4/c1-3(2)9-12(7,8)10-11(4,5)6;/h1-2H3,(H,7,8)(H2,4,5,6);1H4. The summed E-state index contributed by atoms with van der Waals surface area (Å²) in [5, 5.41) is 0.788. The normalized spacial score (nSPS) is 16.5. The van der Waals surface area contributed by atoms with E-state index in [0.29, 0.717) is 0 Å². The minimum atomic E-state index is -5.01. The zero-order valence-corrected chi connectivity index (χ0v) is 8.11. The van der Waals surface area contributed by atoms with Gasteiger partial charge in [-0.2, -0.15) is 14.0 Å². The Balaban J connectivity index is 0. The summed E-state index contributed by atoms with van der Waals surface area (Å²) in [6.45, 7) is 0. The van der Waals surface area contributed by atoms with Gasteiger partial charge < -0.3 is 14.7 Å². The molecule has 0 fully saturated rings. The van der Waals surface area contributed by atoms with E-state index in [0.717, 1.165) is 5.06 Å². The molecule has 0 radical (unpaired) electrons. The summed E-state index contributed by atoms with van der Waals surface area (Å²) in [7, 11) is -7.20. The highest BCUT2D eigenvalue weighted by Gasteiger charge is 2.33. The molecule has 8 nitrogen and oxygen atoms in total.